The van der Waals surface area contributed by atoms with E-state index in [-0.39, 0.29) is 0 Å². The summed E-state index contributed by atoms with van der Waals surface area (Å²) in [6, 6.07) is 6.41. The Morgan fingerprint density at radius 1 is 1.45 bits per heavy atom. The number of benzene rings is 1. The Morgan fingerprint density at radius 2 is 2.15 bits per heavy atom. The molecule has 0 spiro atoms. The standard InChI is InChI=1S/C14H17N3O3/c1-4-16-14(19)17-13(18)10(3)20-12-7-11(8-15)6-5-9(12)2/h5-7,10H,4H2,1-3H3,(H2,16,17,18,19). The van der Waals surface area contributed by atoms with Gasteiger partial charge in [-0.3, -0.25) is 10.1 Å². The SMILES string of the molecule is CCNC(=O)NC(=O)C(C)Oc1cc(C#N)ccc1C. The molecule has 0 saturated heterocycles. The molecule has 1 rings (SSSR count). The Kier molecular flexibility index (Phi) is 5.54. The van der Waals surface area contributed by atoms with Crippen LogP contribution in [0.5, 0.6) is 5.75 Å². The molecule has 0 bridgehead atoms. The van der Waals surface area contributed by atoms with E-state index in [0.29, 0.717) is 17.9 Å². The van der Waals surface area contributed by atoms with Crippen LogP contribution < -0.4 is 15.4 Å². The van der Waals surface area contributed by atoms with Crippen molar-refractivity contribution in [3.8, 4) is 11.8 Å². The van der Waals surface area contributed by atoms with E-state index in [1.54, 1.807) is 25.1 Å². The van der Waals surface area contributed by atoms with Gasteiger partial charge in [-0.05, 0) is 38.5 Å². The maximum absolute atomic E-state index is 11.7. The Balaban J connectivity index is 2.71. The summed E-state index contributed by atoms with van der Waals surface area (Å²) in [5, 5.41) is 13.5. The number of ether oxygens (including phenoxy) is 1. The molecule has 0 saturated carbocycles. The van der Waals surface area contributed by atoms with Gasteiger partial charge in [-0.2, -0.15) is 5.26 Å². The van der Waals surface area contributed by atoms with E-state index in [4.69, 9.17) is 10.00 Å². The fraction of sp³-hybridized carbons (Fsp3) is 0.357. The van der Waals surface area contributed by atoms with Crippen molar-refractivity contribution in [1.82, 2.24) is 10.6 Å². The van der Waals surface area contributed by atoms with Crippen molar-refractivity contribution in [1.29, 1.82) is 5.26 Å². The fourth-order valence-corrected chi connectivity index (χ4v) is 1.46. The summed E-state index contributed by atoms with van der Waals surface area (Å²) >= 11 is 0. The topological polar surface area (TPSA) is 91.2 Å². The third-order valence-electron chi connectivity index (χ3n) is 2.56. The van der Waals surface area contributed by atoms with Gasteiger partial charge in [0.2, 0.25) is 0 Å². The van der Waals surface area contributed by atoms with Crippen molar-refractivity contribution in [3.05, 3.63) is 29.3 Å². The number of amides is 3. The maximum Gasteiger partial charge on any atom is 0.321 e. The second kappa shape index (κ2) is 7.14. The van der Waals surface area contributed by atoms with Crippen molar-refractivity contribution in [2.75, 3.05) is 6.54 Å². The van der Waals surface area contributed by atoms with Crippen LogP contribution in [0.1, 0.15) is 25.0 Å². The Bertz CT molecular complexity index is 549. The van der Waals surface area contributed by atoms with Crippen LogP contribution in [-0.2, 0) is 4.79 Å². The highest BCUT2D eigenvalue weighted by Gasteiger charge is 2.18. The van der Waals surface area contributed by atoms with E-state index < -0.39 is 18.0 Å². The molecule has 0 aliphatic rings. The zero-order valence-electron chi connectivity index (χ0n) is 11.7. The van der Waals surface area contributed by atoms with E-state index in [0.717, 1.165) is 5.56 Å². The predicted molar refractivity (Wildman–Crippen MR) is 73.2 cm³/mol. The molecule has 0 radical (unpaired) electrons. The van der Waals surface area contributed by atoms with Gasteiger partial charge >= 0.3 is 6.03 Å². The van der Waals surface area contributed by atoms with Crippen LogP contribution in [0.4, 0.5) is 4.79 Å². The van der Waals surface area contributed by atoms with Crippen molar-refractivity contribution in [2.24, 2.45) is 0 Å². The highest BCUT2D eigenvalue weighted by Crippen LogP contribution is 2.20. The lowest BCUT2D eigenvalue weighted by molar-refractivity contribution is -0.126. The number of nitrogens with one attached hydrogen (secondary N) is 2. The summed E-state index contributed by atoms with van der Waals surface area (Å²) in [6.45, 7) is 5.52. The lowest BCUT2D eigenvalue weighted by atomic mass is 10.1. The molecule has 0 aliphatic carbocycles. The van der Waals surface area contributed by atoms with Gasteiger partial charge in [0.1, 0.15) is 5.75 Å². The third kappa shape index (κ3) is 4.28. The number of imide groups is 1. The first-order chi connectivity index (χ1) is 9.47. The van der Waals surface area contributed by atoms with Gasteiger partial charge in [0, 0.05) is 6.54 Å². The number of aryl methyl sites for hydroxylation is 1. The molecule has 6 heteroatoms. The minimum atomic E-state index is -0.842. The monoisotopic (exact) mass is 275 g/mol. The van der Waals surface area contributed by atoms with E-state index in [2.05, 4.69) is 10.6 Å². The summed E-state index contributed by atoms with van der Waals surface area (Å²) in [5.74, 6) is -0.0969. The molecule has 1 aromatic carbocycles. The third-order valence-corrected chi connectivity index (χ3v) is 2.56. The predicted octanol–water partition coefficient (Wildman–Crippen LogP) is 1.48. The number of nitriles is 1. The minimum absolute atomic E-state index is 0.428. The van der Waals surface area contributed by atoms with Crippen LogP contribution in [0.15, 0.2) is 18.2 Å². The van der Waals surface area contributed by atoms with Crippen LogP contribution in [0.3, 0.4) is 0 Å². The van der Waals surface area contributed by atoms with Gasteiger partial charge in [0.25, 0.3) is 5.91 Å². The average Bonchev–Trinajstić information content (AvgIpc) is 2.41. The Labute approximate surface area is 117 Å². The maximum atomic E-state index is 11.7. The summed E-state index contributed by atoms with van der Waals surface area (Å²) in [7, 11) is 0. The lowest BCUT2D eigenvalue weighted by Gasteiger charge is -2.16. The molecule has 0 aliphatic heterocycles. The number of nitrogens with zero attached hydrogens (tertiary/aromatic N) is 1. The molecule has 6 nitrogen and oxygen atoms in total. The second-order valence-electron chi connectivity index (χ2n) is 4.20. The van der Waals surface area contributed by atoms with Crippen LogP contribution in [-0.4, -0.2) is 24.6 Å². The van der Waals surface area contributed by atoms with E-state index in [1.807, 2.05) is 13.0 Å². The number of carbonyl (C=O) groups excluding carboxylic acids is 2. The smallest absolute Gasteiger partial charge is 0.321 e. The van der Waals surface area contributed by atoms with Crippen LogP contribution >= 0.6 is 0 Å². The summed E-state index contributed by atoms with van der Waals surface area (Å²) in [6.07, 6.45) is -0.842. The molecule has 0 fully saturated rings. The largest absolute Gasteiger partial charge is 0.481 e. The first kappa shape index (κ1) is 15.5. The summed E-state index contributed by atoms with van der Waals surface area (Å²) in [5.41, 5.74) is 1.25. The molecule has 0 aromatic heterocycles. The lowest BCUT2D eigenvalue weighted by Crippen LogP contribution is -2.45. The Morgan fingerprint density at radius 3 is 2.75 bits per heavy atom. The summed E-state index contributed by atoms with van der Waals surface area (Å²) in [4.78, 5) is 23.0. The Hall–Kier alpha value is -2.55. The highest BCUT2D eigenvalue weighted by molar-refractivity contribution is 5.96. The van der Waals surface area contributed by atoms with E-state index >= 15 is 0 Å². The first-order valence-electron chi connectivity index (χ1n) is 6.24. The van der Waals surface area contributed by atoms with Crippen LogP contribution in [0.2, 0.25) is 0 Å². The number of urea groups is 1. The number of rotatable bonds is 4. The molecule has 1 unspecified atom stereocenters. The van der Waals surface area contributed by atoms with Gasteiger partial charge in [-0.15, -0.1) is 0 Å². The molecule has 1 atom stereocenters. The second-order valence-corrected chi connectivity index (χ2v) is 4.20. The van der Waals surface area contributed by atoms with Crippen molar-refractivity contribution in [3.63, 3.8) is 0 Å². The van der Waals surface area contributed by atoms with E-state index in [9.17, 15) is 9.59 Å². The van der Waals surface area contributed by atoms with Gasteiger partial charge in [-0.25, -0.2) is 4.79 Å². The quantitative estimate of drug-likeness (QED) is 0.870. The molecule has 106 valence electrons. The fourth-order valence-electron chi connectivity index (χ4n) is 1.46. The zero-order chi connectivity index (χ0) is 15.1. The van der Waals surface area contributed by atoms with Crippen LogP contribution in [0, 0.1) is 18.3 Å². The molecular weight excluding hydrogens is 258 g/mol. The molecule has 1 aromatic rings. The van der Waals surface area contributed by atoms with Crippen molar-refractivity contribution >= 4 is 11.9 Å². The summed E-state index contributed by atoms with van der Waals surface area (Å²) < 4.78 is 5.49. The van der Waals surface area contributed by atoms with Crippen molar-refractivity contribution < 1.29 is 14.3 Å². The number of carbonyl (C=O) groups is 2. The van der Waals surface area contributed by atoms with Gasteiger partial charge in [0.15, 0.2) is 6.10 Å². The first-order valence-corrected chi connectivity index (χ1v) is 6.24. The van der Waals surface area contributed by atoms with Crippen molar-refractivity contribution in [2.45, 2.75) is 26.9 Å². The number of hydrogen-bond donors (Lipinski definition) is 2. The normalized spacial score (nSPS) is 11.1. The molecule has 2 N–H and O–H groups in total. The van der Waals surface area contributed by atoms with Crippen LogP contribution in [0.25, 0.3) is 0 Å². The van der Waals surface area contributed by atoms with E-state index in [1.165, 1.54) is 6.92 Å². The molecular formula is C14H17N3O3. The average molecular weight is 275 g/mol. The number of hydrogen-bond acceptors (Lipinski definition) is 4. The highest BCUT2D eigenvalue weighted by atomic mass is 16.5. The van der Waals surface area contributed by atoms with Gasteiger partial charge < -0.3 is 10.1 Å². The molecule has 20 heavy (non-hydrogen) atoms. The molecule has 3 amide bonds. The molecule has 0 heterocycles. The van der Waals surface area contributed by atoms with Gasteiger partial charge in [-0.1, -0.05) is 6.07 Å². The zero-order valence-corrected chi connectivity index (χ0v) is 11.7. The van der Waals surface area contributed by atoms with Gasteiger partial charge in [0.05, 0.1) is 11.6 Å². The minimum Gasteiger partial charge on any atom is -0.481 e.